The van der Waals surface area contributed by atoms with Crippen LogP contribution in [0, 0.1) is 0 Å². The lowest BCUT2D eigenvalue weighted by Crippen LogP contribution is -2.39. The molecule has 2 heterocycles. The van der Waals surface area contributed by atoms with Crippen molar-refractivity contribution in [2.24, 2.45) is 0 Å². The third kappa shape index (κ3) is 3.44. The minimum absolute atomic E-state index is 0.503. The molecule has 1 aliphatic carbocycles. The zero-order valence-electron chi connectivity index (χ0n) is 25.0. The van der Waals surface area contributed by atoms with Gasteiger partial charge in [0.05, 0.1) is 11.1 Å². The monoisotopic (exact) mass is 573 g/mol. The van der Waals surface area contributed by atoms with Crippen LogP contribution in [0.15, 0.2) is 165 Å². The lowest BCUT2D eigenvalue weighted by molar-refractivity contribution is 0.732. The Morgan fingerprint density at radius 2 is 1.24 bits per heavy atom. The summed E-state index contributed by atoms with van der Waals surface area (Å²) in [4.78, 5) is 2.57. The van der Waals surface area contributed by atoms with Gasteiger partial charge in [0.1, 0.15) is 0 Å². The van der Waals surface area contributed by atoms with Gasteiger partial charge in [-0.05, 0) is 91.0 Å². The molecule has 0 unspecified atom stereocenters. The maximum absolute atomic E-state index is 4.21. The van der Waals surface area contributed by atoms with Crippen molar-refractivity contribution in [3.63, 3.8) is 0 Å². The average molecular weight is 574 g/mol. The molecular formula is C44H31N. The molecule has 0 radical (unpaired) electrons. The van der Waals surface area contributed by atoms with E-state index in [0.29, 0.717) is 0 Å². The first-order valence-electron chi connectivity index (χ1n) is 15.6. The highest BCUT2D eigenvalue weighted by molar-refractivity contribution is 6.01. The van der Waals surface area contributed by atoms with E-state index in [1.807, 2.05) is 12.2 Å². The molecule has 0 aromatic heterocycles. The van der Waals surface area contributed by atoms with E-state index in [4.69, 9.17) is 0 Å². The van der Waals surface area contributed by atoms with Crippen LogP contribution in [0.3, 0.4) is 0 Å². The largest absolute Gasteiger partial charge is 0.336 e. The molecule has 45 heavy (non-hydrogen) atoms. The molecule has 9 rings (SSSR count). The van der Waals surface area contributed by atoms with Crippen LogP contribution in [0.2, 0.25) is 0 Å². The van der Waals surface area contributed by atoms with Crippen LogP contribution < -0.4 is 4.90 Å². The van der Waals surface area contributed by atoms with E-state index in [9.17, 15) is 0 Å². The number of anilines is 2. The molecule has 6 aromatic rings. The molecular weight excluding hydrogens is 542 g/mol. The van der Waals surface area contributed by atoms with Crippen molar-refractivity contribution in [3.8, 4) is 33.4 Å². The second-order valence-corrected chi connectivity index (χ2v) is 12.2. The van der Waals surface area contributed by atoms with Crippen molar-refractivity contribution in [2.75, 3.05) is 4.90 Å². The van der Waals surface area contributed by atoms with Crippen molar-refractivity contribution in [1.29, 1.82) is 0 Å². The van der Waals surface area contributed by atoms with E-state index in [2.05, 4.69) is 158 Å². The summed E-state index contributed by atoms with van der Waals surface area (Å²) in [5, 5.41) is 0. The molecule has 3 aliphatic rings. The molecule has 212 valence electrons. The van der Waals surface area contributed by atoms with Gasteiger partial charge in [0.25, 0.3) is 0 Å². The first-order valence-corrected chi connectivity index (χ1v) is 15.6. The van der Waals surface area contributed by atoms with Crippen LogP contribution >= 0.6 is 0 Å². The average Bonchev–Trinajstić information content (AvgIpc) is 3.40. The molecule has 1 spiro atoms. The Bertz CT molecular complexity index is 2190. The Morgan fingerprint density at radius 3 is 1.96 bits per heavy atom. The number of nitrogens with zero attached hydrogens (tertiary/aromatic N) is 1. The van der Waals surface area contributed by atoms with Gasteiger partial charge in [-0.1, -0.05) is 141 Å². The van der Waals surface area contributed by atoms with E-state index in [1.165, 1.54) is 72.6 Å². The van der Waals surface area contributed by atoms with Gasteiger partial charge in [0.15, 0.2) is 0 Å². The van der Waals surface area contributed by atoms with Crippen molar-refractivity contribution in [2.45, 2.75) is 12.0 Å². The van der Waals surface area contributed by atoms with E-state index >= 15 is 0 Å². The maximum atomic E-state index is 4.21. The smallest absolute Gasteiger partial charge is 0.0754 e. The van der Waals surface area contributed by atoms with Crippen molar-refractivity contribution in [1.82, 2.24) is 0 Å². The predicted molar refractivity (Wildman–Crippen MR) is 189 cm³/mol. The second-order valence-electron chi connectivity index (χ2n) is 12.2. The van der Waals surface area contributed by atoms with E-state index in [-0.39, 0.29) is 0 Å². The fourth-order valence-corrected chi connectivity index (χ4v) is 8.21. The Morgan fingerprint density at radius 1 is 0.578 bits per heavy atom. The molecule has 0 saturated carbocycles. The normalized spacial score (nSPS) is 14.6. The van der Waals surface area contributed by atoms with Crippen molar-refractivity contribution in [3.05, 3.63) is 198 Å². The van der Waals surface area contributed by atoms with Gasteiger partial charge in [-0.25, -0.2) is 0 Å². The summed E-state index contributed by atoms with van der Waals surface area (Å²) in [5.74, 6) is 0. The van der Waals surface area contributed by atoms with Gasteiger partial charge in [-0.2, -0.15) is 0 Å². The van der Waals surface area contributed by atoms with Crippen LogP contribution in [0.1, 0.15) is 33.4 Å². The van der Waals surface area contributed by atoms with Gasteiger partial charge in [0, 0.05) is 17.8 Å². The highest BCUT2D eigenvalue weighted by Crippen LogP contribution is 2.65. The van der Waals surface area contributed by atoms with Gasteiger partial charge >= 0.3 is 0 Å². The van der Waals surface area contributed by atoms with Gasteiger partial charge in [-0.15, -0.1) is 0 Å². The Labute approximate surface area is 264 Å². The van der Waals surface area contributed by atoms with E-state index < -0.39 is 5.41 Å². The molecule has 1 nitrogen and oxygen atoms in total. The quantitative estimate of drug-likeness (QED) is 0.189. The van der Waals surface area contributed by atoms with Crippen LogP contribution in [0.4, 0.5) is 11.4 Å². The fraction of sp³-hybridized carbons (Fsp3) is 0.0455. The van der Waals surface area contributed by atoms with Crippen LogP contribution in [0.5, 0.6) is 0 Å². The summed E-state index contributed by atoms with van der Waals surface area (Å²) in [7, 11) is 0. The van der Waals surface area contributed by atoms with Gasteiger partial charge in [0.2, 0.25) is 0 Å². The van der Waals surface area contributed by atoms with Crippen LogP contribution in [0.25, 0.3) is 39.0 Å². The fourth-order valence-electron chi connectivity index (χ4n) is 8.21. The first kappa shape index (κ1) is 25.8. The zero-order valence-corrected chi connectivity index (χ0v) is 25.0. The molecule has 0 bridgehead atoms. The number of allylic oxidation sites excluding steroid dienone is 4. The molecule has 0 atom stereocenters. The first-order chi connectivity index (χ1) is 22.2. The summed E-state index contributed by atoms with van der Waals surface area (Å²) in [6, 6.07) is 49.7. The van der Waals surface area contributed by atoms with Crippen molar-refractivity contribution >= 4 is 16.9 Å². The highest BCUT2D eigenvalue weighted by atomic mass is 15.2. The van der Waals surface area contributed by atoms with Gasteiger partial charge in [-0.3, -0.25) is 0 Å². The number of hydrogen-bond acceptors (Lipinski definition) is 1. The third-order valence-corrected chi connectivity index (χ3v) is 10.0. The van der Waals surface area contributed by atoms with E-state index in [1.54, 1.807) is 0 Å². The number of fused-ring (bicyclic) bond motifs is 11. The lowest BCUT2D eigenvalue weighted by atomic mass is 9.62. The molecule has 0 fully saturated rings. The standard InChI is InChI=1S/C44H31N/c1-3-14-29(4-2)33-25-37-34-18-9-8-17-32(34)28-45-42-24-23-31(30-15-6-5-7-16-30)26-40(42)44(41(27-33)43(37)45)38-21-12-10-19-35(38)36-20-11-13-22-39(36)44/h3-27H,1-2,28H2/b29-14+. The third-order valence-electron chi connectivity index (χ3n) is 10.0. The Balaban J connectivity index is 1.49. The minimum atomic E-state index is -0.503. The summed E-state index contributed by atoms with van der Waals surface area (Å²) in [6.07, 6.45) is 5.89. The number of hydrogen-bond donors (Lipinski definition) is 0. The second kappa shape index (κ2) is 9.67. The van der Waals surface area contributed by atoms with E-state index in [0.717, 1.165) is 17.7 Å². The minimum Gasteiger partial charge on any atom is -0.336 e. The molecule has 6 aromatic carbocycles. The Hall–Kier alpha value is -5.66. The lowest BCUT2D eigenvalue weighted by Gasteiger charge is -2.48. The zero-order chi connectivity index (χ0) is 30.1. The number of rotatable bonds is 4. The molecule has 2 aliphatic heterocycles. The highest BCUT2D eigenvalue weighted by Gasteiger charge is 2.53. The Kier molecular flexibility index (Phi) is 5.55. The summed E-state index contributed by atoms with van der Waals surface area (Å²) >= 11 is 0. The summed E-state index contributed by atoms with van der Waals surface area (Å²) in [5.41, 5.74) is 18.6. The van der Waals surface area contributed by atoms with Gasteiger partial charge < -0.3 is 4.90 Å². The number of benzene rings is 6. The summed E-state index contributed by atoms with van der Waals surface area (Å²) < 4.78 is 0. The van der Waals surface area contributed by atoms with Crippen LogP contribution in [-0.4, -0.2) is 0 Å². The topological polar surface area (TPSA) is 3.24 Å². The predicted octanol–water partition coefficient (Wildman–Crippen LogP) is 11.1. The molecule has 0 saturated heterocycles. The van der Waals surface area contributed by atoms with Crippen molar-refractivity contribution < 1.29 is 0 Å². The molecule has 0 amide bonds. The maximum Gasteiger partial charge on any atom is 0.0754 e. The van der Waals surface area contributed by atoms with Crippen LogP contribution in [-0.2, 0) is 12.0 Å². The molecule has 1 heteroatoms. The summed E-state index contributed by atoms with van der Waals surface area (Å²) in [6.45, 7) is 9.06. The SMILES string of the molecule is C=C/C=C(\C=C)c1cc2c3c(c1)C1(c4ccccc4-c4ccccc41)c1cc(-c4ccccc4)ccc1N3Cc1ccccc1-2. The molecule has 0 N–H and O–H groups in total.